The first-order valence-electron chi connectivity index (χ1n) is 12.1. The summed E-state index contributed by atoms with van der Waals surface area (Å²) in [5.74, 6) is 0.564. The molecule has 0 unspecified atom stereocenters. The third-order valence-corrected chi connectivity index (χ3v) is 5.67. The number of ether oxygens (including phenoxy) is 1. The second kappa shape index (κ2) is 11.2. The quantitative estimate of drug-likeness (QED) is 0.473. The molecule has 0 spiro atoms. The minimum Gasteiger partial charge on any atom is -0.444 e. The molecule has 0 bridgehead atoms. The largest absolute Gasteiger partial charge is 0.444 e. The summed E-state index contributed by atoms with van der Waals surface area (Å²) in [5.41, 5.74) is 2.78. The first-order chi connectivity index (χ1) is 17.7. The number of amides is 2. The summed E-state index contributed by atoms with van der Waals surface area (Å²) in [6.45, 7) is 5.95. The molecule has 2 amide bonds. The van der Waals surface area contributed by atoms with E-state index >= 15 is 0 Å². The van der Waals surface area contributed by atoms with E-state index in [1.54, 1.807) is 25.7 Å². The molecule has 2 heterocycles. The second-order valence-electron chi connectivity index (χ2n) is 9.66. The Labute approximate surface area is 215 Å². The molecule has 1 aromatic heterocycles. The van der Waals surface area contributed by atoms with Gasteiger partial charge in [0.05, 0.1) is 12.3 Å². The van der Waals surface area contributed by atoms with Crippen molar-refractivity contribution in [3.63, 3.8) is 0 Å². The van der Waals surface area contributed by atoms with Crippen molar-refractivity contribution in [2.24, 2.45) is 5.16 Å². The maximum absolute atomic E-state index is 13.5. The zero-order valence-electron chi connectivity index (χ0n) is 21.4. The Hall–Kier alpha value is -4.21. The number of rotatable bonds is 7. The summed E-state index contributed by atoms with van der Waals surface area (Å²) in [6.07, 6.45) is 0.238. The molecule has 10 heteroatoms. The molecule has 0 radical (unpaired) electrons. The Morgan fingerprint density at radius 3 is 2.49 bits per heavy atom. The summed E-state index contributed by atoms with van der Waals surface area (Å²) < 4.78 is 10.6. The van der Waals surface area contributed by atoms with Crippen molar-refractivity contribution in [2.75, 3.05) is 20.2 Å². The minimum atomic E-state index is -0.580. The van der Waals surface area contributed by atoms with Gasteiger partial charge in [-0.1, -0.05) is 52.8 Å². The Morgan fingerprint density at radius 2 is 1.81 bits per heavy atom. The molecule has 1 atom stereocenters. The standard InChI is InChI=1S/C27H31N5O5/c1-27(2,3)36-26(34)28-15-14-23-29-24(31-37-23)22-16-21(30-35-4)17-32(22)25(33)20-12-10-19(11-13-20)18-8-6-5-7-9-18/h5-13,22H,14-17H2,1-4H3,(H,28,34)/t22-/m0/s1. The van der Waals surface area contributed by atoms with E-state index in [9.17, 15) is 9.59 Å². The molecule has 0 saturated carbocycles. The van der Waals surface area contributed by atoms with Crippen molar-refractivity contribution in [2.45, 2.75) is 45.3 Å². The van der Waals surface area contributed by atoms with E-state index in [4.69, 9.17) is 14.1 Å². The third kappa shape index (κ3) is 6.72. The maximum atomic E-state index is 13.5. The molecule has 0 aliphatic carbocycles. The van der Waals surface area contributed by atoms with Gasteiger partial charge in [0.25, 0.3) is 5.91 Å². The van der Waals surface area contributed by atoms with Crippen LogP contribution in [0.1, 0.15) is 55.3 Å². The summed E-state index contributed by atoms with van der Waals surface area (Å²) >= 11 is 0. The predicted molar refractivity (Wildman–Crippen MR) is 137 cm³/mol. The van der Waals surface area contributed by atoms with Crippen molar-refractivity contribution in [1.82, 2.24) is 20.4 Å². The molecule has 4 rings (SSSR count). The Morgan fingerprint density at radius 1 is 1.11 bits per heavy atom. The van der Waals surface area contributed by atoms with Crippen LogP contribution in [0.5, 0.6) is 0 Å². The van der Waals surface area contributed by atoms with E-state index in [1.807, 2.05) is 54.6 Å². The van der Waals surface area contributed by atoms with Crippen LogP contribution in [0.4, 0.5) is 4.79 Å². The highest BCUT2D eigenvalue weighted by molar-refractivity contribution is 6.00. The van der Waals surface area contributed by atoms with Gasteiger partial charge in [0.1, 0.15) is 18.8 Å². The number of carbonyl (C=O) groups excluding carboxylic acids is 2. The topological polar surface area (TPSA) is 119 Å². The zero-order valence-corrected chi connectivity index (χ0v) is 21.4. The molecule has 2 aromatic carbocycles. The van der Waals surface area contributed by atoms with Crippen molar-refractivity contribution in [3.8, 4) is 11.1 Å². The highest BCUT2D eigenvalue weighted by atomic mass is 16.6. The Balaban J connectivity index is 1.45. The fourth-order valence-electron chi connectivity index (χ4n) is 4.04. The average molecular weight is 506 g/mol. The van der Waals surface area contributed by atoms with Gasteiger partial charge in [0.15, 0.2) is 5.82 Å². The molecular formula is C27H31N5O5. The Bertz CT molecular complexity index is 1250. The van der Waals surface area contributed by atoms with Crippen LogP contribution in [0.15, 0.2) is 64.3 Å². The molecule has 1 aliphatic heterocycles. The van der Waals surface area contributed by atoms with Gasteiger partial charge in [-0.2, -0.15) is 4.98 Å². The molecule has 1 fully saturated rings. The summed E-state index contributed by atoms with van der Waals surface area (Å²) in [7, 11) is 1.47. The fraction of sp³-hybridized carbons (Fsp3) is 0.370. The number of nitrogens with one attached hydrogen (secondary N) is 1. The number of benzene rings is 2. The van der Waals surface area contributed by atoms with Crippen LogP contribution in [0.2, 0.25) is 0 Å². The molecule has 37 heavy (non-hydrogen) atoms. The maximum Gasteiger partial charge on any atom is 0.407 e. The van der Waals surface area contributed by atoms with Crippen LogP contribution < -0.4 is 5.32 Å². The van der Waals surface area contributed by atoms with Crippen LogP contribution in [0.25, 0.3) is 11.1 Å². The van der Waals surface area contributed by atoms with E-state index < -0.39 is 17.7 Å². The minimum absolute atomic E-state index is 0.163. The van der Waals surface area contributed by atoms with Gasteiger partial charge in [-0.05, 0) is 44.0 Å². The first kappa shape index (κ1) is 25.9. The van der Waals surface area contributed by atoms with E-state index in [-0.39, 0.29) is 12.5 Å². The van der Waals surface area contributed by atoms with Gasteiger partial charge in [-0.3, -0.25) is 4.79 Å². The van der Waals surface area contributed by atoms with Gasteiger partial charge in [-0.15, -0.1) is 0 Å². The lowest BCUT2D eigenvalue weighted by Gasteiger charge is -2.21. The van der Waals surface area contributed by atoms with Gasteiger partial charge in [0, 0.05) is 24.9 Å². The predicted octanol–water partition coefficient (Wildman–Crippen LogP) is 4.39. The lowest BCUT2D eigenvalue weighted by molar-refractivity contribution is 0.0527. The van der Waals surface area contributed by atoms with Gasteiger partial charge < -0.3 is 24.3 Å². The molecule has 3 aromatic rings. The molecule has 10 nitrogen and oxygen atoms in total. The van der Waals surface area contributed by atoms with Crippen molar-refractivity contribution in [1.29, 1.82) is 0 Å². The molecule has 1 saturated heterocycles. The first-order valence-corrected chi connectivity index (χ1v) is 12.1. The SMILES string of the molecule is CON=C1C[C@@H](c2noc(CCNC(=O)OC(C)(C)C)n2)N(C(=O)c2ccc(-c3ccccc3)cc2)C1. The van der Waals surface area contributed by atoms with E-state index in [0.29, 0.717) is 42.4 Å². The van der Waals surface area contributed by atoms with Gasteiger partial charge in [0.2, 0.25) is 5.89 Å². The number of oxime groups is 1. The van der Waals surface area contributed by atoms with Crippen molar-refractivity contribution in [3.05, 3.63) is 71.9 Å². The van der Waals surface area contributed by atoms with Crippen LogP contribution in [-0.4, -0.2) is 58.6 Å². The number of carbonyl (C=O) groups is 2. The van der Waals surface area contributed by atoms with Gasteiger partial charge >= 0.3 is 6.09 Å². The number of hydrogen-bond donors (Lipinski definition) is 1. The normalized spacial score (nSPS) is 16.6. The van der Waals surface area contributed by atoms with E-state index in [0.717, 1.165) is 11.1 Å². The summed E-state index contributed by atoms with van der Waals surface area (Å²) in [6, 6.07) is 17.0. The highest BCUT2D eigenvalue weighted by Crippen LogP contribution is 2.31. The van der Waals surface area contributed by atoms with Crippen LogP contribution >= 0.6 is 0 Å². The molecular weight excluding hydrogens is 474 g/mol. The third-order valence-electron chi connectivity index (χ3n) is 5.67. The Kier molecular flexibility index (Phi) is 7.86. The number of nitrogens with zero attached hydrogens (tertiary/aromatic N) is 4. The van der Waals surface area contributed by atoms with Crippen molar-refractivity contribution >= 4 is 17.7 Å². The average Bonchev–Trinajstić information content (AvgIpc) is 3.50. The van der Waals surface area contributed by atoms with E-state index in [2.05, 4.69) is 20.6 Å². The number of aromatic nitrogens is 2. The molecule has 194 valence electrons. The van der Waals surface area contributed by atoms with E-state index in [1.165, 1.54) is 7.11 Å². The lowest BCUT2D eigenvalue weighted by atomic mass is 10.0. The molecule has 1 aliphatic rings. The number of hydrogen-bond acceptors (Lipinski definition) is 8. The number of alkyl carbamates (subject to hydrolysis) is 1. The van der Waals surface area contributed by atoms with Crippen molar-refractivity contribution < 1.29 is 23.7 Å². The summed E-state index contributed by atoms with van der Waals surface area (Å²) in [5, 5.41) is 10.8. The number of likely N-dealkylation sites (tertiary alicyclic amines) is 1. The van der Waals surface area contributed by atoms with Crippen LogP contribution in [0, 0.1) is 0 Å². The molecule has 1 N–H and O–H groups in total. The van der Waals surface area contributed by atoms with Crippen LogP contribution in [0.3, 0.4) is 0 Å². The highest BCUT2D eigenvalue weighted by Gasteiger charge is 2.38. The smallest absolute Gasteiger partial charge is 0.407 e. The lowest BCUT2D eigenvalue weighted by Crippen LogP contribution is -2.33. The monoisotopic (exact) mass is 505 g/mol. The van der Waals surface area contributed by atoms with Crippen LogP contribution in [-0.2, 0) is 16.0 Å². The van der Waals surface area contributed by atoms with Gasteiger partial charge in [-0.25, -0.2) is 4.79 Å². The zero-order chi connectivity index (χ0) is 26.4. The summed E-state index contributed by atoms with van der Waals surface area (Å²) in [4.78, 5) is 36.4. The second-order valence-corrected chi connectivity index (χ2v) is 9.66. The fourth-order valence-corrected chi connectivity index (χ4v) is 4.04.